The number of aromatic amines is 2. The van der Waals surface area contributed by atoms with Gasteiger partial charge in [-0.2, -0.15) is 39.5 Å². The number of amides is 5. The smallest absolute Gasteiger partial charge is 0.475 e. The predicted octanol–water partition coefficient (Wildman–Crippen LogP) is 6.98. The molecule has 0 aliphatic carbocycles. The van der Waals surface area contributed by atoms with Gasteiger partial charge in [0.25, 0.3) is 29.5 Å². The normalized spacial score (nSPS) is 12.2. The summed E-state index contributed by atoms with van der Waals surface area (Å²) in [7, 11) is 2.09. The van der Waals surface area contributed by atoms with Crippen LogP contribution in [0.4, 0.5) is 39.5 Å². The molecule has 10 N–H and O–H groups in total. The number of esters is 2. The van der Waals surface area contributed by atoms with Crippen LogP contribution in [0, 0.1) is 0 Å². The Hall–Kier alpha value is -8.29. The molecule has 19 nitrogen and oxygen atoms in total. The van der Waals surface area contributed by atoms with Crippen molar-refractivity contribution in [3.8, 4) is 0 Å². The summed E-state index contributed by atoms with van der Waals surface area (Å²) in [6.45, 7) is -0.682. The molecule has 0 saturated carbocycles. The van der Waals surface area contributed by atoms with Crippen LogP contribution in [0.5, 0.6) is 0 Å². The van der Waals surface area contributed by atoms with Crippen LogP contribution >= 0.6 is 34.0 Å². The maximum Gasteiger partial charge on any atom is 0.490 e. The third-order valence-electron chi connectivity index (χ3n) is 10.5. The number of carboxylic acids is 1. The highest BCUT2D eigenvalue weighted by molar-refractivity contribution is 7.16. The molecule has 0 saturated heterocycles. The van der Waals surface area contributed by atoms with Gasteiger partial charge in [-0.15, -0.1) is 34.0 Å². The van der Waals surface area contributed by atoms with Crippen molar-refractivity contribution in [3.05, 3.63) is 137 Å². The van der Waals surface area contributed by atoms with E-state index in [1.54, 1.807) is 48.1 Å². The maximum absolute atomic E-state index is 13.8. The van der Waals surface area contributed by atoms with E-state index in [2.05, 4.69) is 46.0 Å². The molecule has 0 unspecified atom stereocenters. The number of carbonyl (C=O) groups excluding carboxylic acids is 7. The minimum atomic E-state index is -5.08. The highest BCUT2D eigenvalue weighted by Gasteiger charge is 2.41. The Morgan fingerprint density at radius 3 is 1.40 bits per heavy atom. The molecule has 0 radical (unpaired) electrons. The molecule has 7 aromatic rings. The number of thiophene rings is 3. The van der Waals surface area contributed by atoms with Gasteiger partial charge in [-0.05, 0) is 59.0 Å². The molecule has 2 aromatic carbocycles. The van der Waals surface area contributed by atoms with E-state index < -0.39 is 105 Å². The molecule has 0 aliphatic heterocycles. The minimum Gasteiger partial charge on any atom is -0.475 e. The Kier molecular flexibility index (Phi) is 20.3. The van der Waals surface area contributed by atoms with Crippen LogP contribution in [0.1, 0.15) is 70.6 Å². The van der Waals surface area contributed by atoms with Crippen molar-refractivity contribution in [2.75, 3.05) is 27.3 Å². The Labute approximate surface area is 444 Å². The number of carbonyl (C=O) groups is 8. The third-order valence-corrected chi connectivity index (χ3v) is 13.6. The summed E-state index contributed by atoms with van der Waals surface area (Å²) in [6, 6.07) is 16.0. The number of hydrogen-bond acceptors (Lipinski definition) is 14. The molecule has 7 rings (SSSR count). The highest BCUT2D eigenvalue weighted by atomic mass is 32.1. The lowest BCUT2D eigenvalue weighted by Gasteiger charge is -2.17. The summed E-state index contributed by atoms with van der Waals surface area (Å²) in [4.78, 5) is 99.7. The standard InChI is InChI=1S/C25H21F3N4O5S2.C20H19F3N4O4S.C2HF3O2/c1-37-24(36)17(12-31-21(33)18-6-3-9-38-18)32-23(35)20-15(25(26,27)28)10-19(39-20)22(34)30-11-13-4-2-5-16-14(13)7-8-29-16;1-31-19(30)14(8-24)27-18(29)16-12(20(21,22)23)7-15(32-16)17(28)26-9-10-3-2-4-13-11(10)5-6-25-13;3-2(4,5)1(6)7/h2-10,17,29H,11-12H2,1H3,(H,30,34)(H,31,33)(H,32,35);2-7,14,25H,8-9,24H2,1H3,(H,26,28)(H,27,29);(H,6,7)/t17-;14-;/m00./s1. The molecule has 0 fully saturated rings. The Morgan fingerprint density at radius 1 is 0.590 bits per heavy atom. The van der Waals surface area contributed by atoms with Crippen LogP contribution in [0.2, 0.25) is 0 Å². The molecular weight excluding hydrogens is 1120 g/mol. The summed E-state index contributed by atoms with van der Waals surface area (Å²) < 4.78 is 123. The van der Waals surface area contributed by atoms with Crippen LogP contribution in [-0.2, 0) is 49.3 Å². The number of methoxy groups -OCH3 is 2. The van der Waals surface area contributed by atoms with Crippen LogP contribution in [0.3, 0.4) is 0 Å². The van der Waals surface area contributed by atoms with E-state index in [1.807, 2.05) is 24.3 Å². The number of aromatic nitrogens is 2. The van der Waals surface area contributed by atoms with Gasteiger partial charge in [-0.1, -0.05) is 30.3 Å². The summed E-state index contributed by atoms with van der Waals surface area (Å²) >= 11 is 1.85. The molecule has 2 atom stereocenters. The van der Waals surface area contributed by atoms with E-state index in [1.165, 1.54) is 6.07 Å². The first-order valence-electron chi connectivity index (χ1n) is 21.9. The van der Waals surface area contributed by atoms with E-state index in [-0.39, 0.29) is 29.4 Å². The van der Waals surface area contributed by atoms with Crippen molar-refractivity contribution in [1.29, 1.82) is 0 Å². The number of nitrogens with one attached hydrogen (secondary N) is 7. The summed E-state index contributed by atoms with van der Waals surface area (Å²) in [5, 5.41) is 22.4. The lowest BCUT2D eigenvalue weighted by atomic mass is 10.1. The van der Waals surface area contributed by atoms with Gasteiger partial charge in [-0.25, -0.2) is 14.4 Å². The van der Waals surface area contributed by atoms with E-state index in [4.69, 9.17) is 15.6 Å². The number of fused-ring (bicyclic) bond motifs is 2. The number of rotatable bonds is 16. The van der Waals surface area contributed by atoms with E-state index in [0.29, 0.717) is 39.7 Å². The molecule has 0 aliphatic rings. The zero-order chi connectivity index (χ0) is 57.7. The van der Waals surface area contributed by atoms with Gasteiger partial charge in [0.15, 0.2) is 0 Å². The Bertz CT molecular complexity index is 3290. The average molecular weight is 1160 g/mol. The highest BCUT2D eigenvalue weighted by Crippen LogP contribution is 2.38. The van der Waals surface area contributed by atoms with Crippen LogP contribution in [0.25, 0.3) is 21.8 Å². The molecule has 0 spiro atoms. The summed E-state index contributed by atoms with van der Waals surface area (Å²) in [6.07, 6.45) is -11.5. The second-order valence-corrected chi connectivity index (χ2v) is 18.7. The average Bonchev–Trinajstić information content (AvgIpc) is 4.29. The molecular formula is C47H41F9N8O11S3. The first-order chi connectivity index (χ1) is 36.7. The van der Waals surface area contributed by atoms with Gasteiger partial charge in [0.2, 0.25) is 0 Å². The minimum absolute atomic E-state index is 0.0448. The van der Waals surface area contributed by atoms with Crippen LogP contribution in [-0.4, -0.2) is 108 Å². The SMILES string of the molecule is COC(=O)[C@H](CN)NC(=O)c1sc(C(=O)NCc2cccc3[nH]ccc23)cc1C(F)(F)F.COC(=O)[C@H](CNC(=O)c1cccs1)NC(=O)c1sc(C(=O)NCc2cccc3[nH]ccc23)cc1C(F)(F)F.O=C(O)C(F)(F)F. The number of carboxylic acid groups (broad SMARTS) is 1. The van der Waals surface area contributed by atoms with Crippen molar-refractivity contribution in [1.82, 2.24) is 36.6 Å². The fraction of sp³-hybridized carbons (Fsp3) is 0.234. The summed E-state index contributed by atoms with van der Waals surface area (Å²) in [5.74, 6) is -9.16. The van der Waals surface area contributed by atoms with Gasteiger partial charge in [0.05, 0.1) is 40.0 Å². The third kappa shape index (κ3) is 15.9. The van der Waals surface area contributed by atoms with Crippen molar-refractivity contribution in [3.63, 3.8) is 0 Å². The van der Waals surface area contributed by atoms with E-state index >= 15 is 0 Å². The first-order valence-corrected chi connectivity index (χ1v) is 24.4. The van der Waals surface area contributed by atoms with Gasteiger partial charge in [0.1, 0.15) is 21.8 Å². The van der Waals surface area contributed by atoms with Crippen molar-refractivity contribution in [2.24, 2.45) is 5.73 Å². The molecule has 5 heterocycles. The van der Waals surface area contributed by atoms with Gasteiger partial charge in [0, 0.05) is 60.4 Å². The number of halogens is 9. The lowest BCUT2D eigenvalue weighted by molar-refractivity contribution is -0.192. The number of aliphatic carboxylic acids is 1. The number of nitrogens with two attached hydrogens (primary N) is 1. The zero-order valence-corrected chi connectivity index (χ0v) is 42.3. The van der Waals surface area contributed by atoms with Crippen molar-refractivity contribution >= 4 is 103 Å². The second-order valence-electron chi connectivity index (χ2n) is 15.6. The fourth-order valence-electron chi connectivity index (χ4n) is 6.73. The monoisotopic (exact) mass is 1160 g/mol. The first kappa shape index (κ1) is 60.6. The second kappa shape index (κ2) is 26.2. The van der Waals surface area contributed by atoms with E-state index in [9.17, 15) is 73.1 Å². The molecule has 5 aromatic heterocycles. The maximum atomic E-state index is 13.8. The fourth-order valence-corrected chi connectivity index (χ4v) is 9.36. The zero-order valence-electron chi connectivity index (χ0n) is 39.9. The molecule has 78 heavy (non-hydrogen) atoms. The Balaban J connectivity index is 0.000000260. The molecule has 416 valence electrons. The number of alkyl halides is 9. The molecule has 31 heteroatoms. The quantitative estimate of drug-likeness (QED) is 0.0350. The van der Waals surface area contributed by atoms with E-state index in [0.717, 1.165) is 58.5 Å². The number of ether oxygens (including phenoxy) is 2. The molecule has 5 amide bonds. The molecule has 0 bridgehead atoms. The topological polar surface area (TPSA) is 293 Å². The van der Waals surface area contributed by atoms with Gasteiger partial charge >= 0.3 is 36.4 Å². The van der Waals surface area contributed by atoms with Crippen molar-refractivity contribution < 1.29 is 92.5 Å². The number of H-pyrrole nitrogens is 2. The van der Waals surface area contributed by atoms with Gasteiger partial charge in [-0.3, -0.25) is 24.0 Å². The van der Waals surface area contributed by atoms with Crippen molar-refractivity contribution in [2.45, 2.75) is 43.7 Å². The predicted molar refractivity (Wildman–Crippen MR) is 264 cm³/mol. The lowest BCUT2D eigenvalue weighted by Crippen LogP contribution is -2.49. The van der Waals surface area contributed by atoms with Crippen LogP contribution < -0.4 is 32.3 Å². The number of hydrogen-bond donors (Lipinski definition) is 9. The Morgan fingerprint density at radius 2 is 1.01 bits per heavy atom. The summed E-state index contributed by atoms with van der Waals surface area (Å²) in [5.41, 5.74) is 5.98. The largest absolute Gasteiger partial charge is 0.490 e. The van der Waals surface area contributed by atoms with Crippen LogP contribution in [0.15, 0.2) is 90.6 Å². The number of benzene rings is 2. The van der Waals surface area contributed by atoms with Gasteiger partial charge < -0.3 is 56.9 Å².